The predicted molar refractivity (Wildman–Crippen MR) is 104 cm³/mol. The van der Waals surface area contributed by atoms with Crippen LogP contribution in [0.1, 0.15) is 29.9 Å². The standard InChI is InChI=1S/C20H15Cl2FN2O3/c1-20(2)17-15(24-18(25-17)14-12(22)5-4-6-13(14)23)10-7-9(21)8-11(16(10)28-20)19(26)27-3/h4-8H,1-3H3,(H,24,25). The summed E-state index contributed by atoms with van der Waals surface area (Å²) < 4.78 is 25.4. The van der Waals surface area contributed by atoms with Gasteiger partial charge in [0.15, 0.2) is 0 Å². The Hall–Kier alpha value is -2.57. The number of nitrogens with zero attached hydrogens (tertiary/aromatic N) is 1. The Balaban J connectivity index is 2.00. The number of carbonyl (C=O) groups excluding carboxylic acids is 1. The highest BCUT2D eigenvalue weighted by Gasteiger charge is 2.39. The lowest BCUT2D eigenvalue weighted by Gasteiger charge is -2.32. The number of aromatic amines is 1. The molecular weight excluding hydrogens is 406 g/mol. The fourth-order valence-electron chi connectivity index (χ4n) is 3.30. The fourth-order valence-corrected chi connectivity index (χ4v) is 3.77. The zero-order valence-electron chi connectivity index (χ0n) is 15.2. The third-order valence-corrected chi connectivity index (χ3v) is 5.09. The van der Waals surface area contributed by atoms with Crippen molar-refractivity contribution in [3.63, 3.8) is 0 Å². The van der Waals surface area contributed by atoms with Gasteiger partial charge in [-0.1, -0.05) is 29.3 Å². The molecule has 2 aromatic carbocycles. The molecule has 1 aromatic heterocycles. The molecule has 28 heavy (non-hydrogen) atoms. The lowest BCUT2D eigenvalue weighted by Crippen LogP contribution is -2.30. The first-order valence-corrected chi connectivity index (χ1v) is 9.14. The van der Waals surface area contributed by atoms with Gasteiger partial charge in [0.1, 0.15) is 34.2 Å². The molecule has 1 N–H and O–H groups in total. The van der Waals surface area contributed by atoms with E-state index in [0.717, 1.165) is 0 Å². The molecule has 2 heterocycles. The number of ether oxygens (including phenoxy) is 2. The number of nitrogens with one attached hydrogen (secondary N) is 1. The van der Waals surface area contributed by atoms with Crippen LogP contribution in [0.3, 0.4) is 0 Å². The van der Waals surface area contributed by atoms with Crippen LogP contribution < -0.4 is 4.74 Å². The molecule has 0 radical (unpaired) electrons. The summed E-state index contributed by atoms with van der Waals surface area (Å²) in [6.07, 6.45) is 0. The summed E-state index contributed by atoms with van der Waals surface area (Å²) in [4.78, 5) is 19.9. The van der Waals surface area contributed by atoms with Gasteiger partial charge >= 0.3 is 5.97 Å². The lowest BCUT2D eigenvalue weighted by atomic mass is 9.93. The van der Waals surface area contributed by atoms with Crippen LogP contribution in [-0.4, -0.2) is 23.0 Å². The molecule has 0 saturated carbocycles. The van der Waals surface area contributed by atoms with Crippen LogP contribution in [0.15, 0.2) is 30.3 Å². The summed E-state index contributed by atoms with van der Waals surface area (Å²) in [6.45, 7) is 3.61. The molecule has 0 atom stereocenters. The van der Waals surface area contributed by atoms with Gasteiger partial charge in [-0.15, -0.1) is 0 Å². The molecular formula is C20H15Cl2FN2O3. The van der Waals surface area contributed by atoms with Crippen LogP contribution in [0.2, 0.25) is 10.0 Å². The van der Waals surface area contributed by atoms with Gasteiger partial charge in [-0.3, -0.25) is 0 Å². The third-order valence-electron chi connectivity index (χ3n) is 4.56. The Bertz CT molecular complexity index is 1100. The van der Waals surface area contributed by atoms with Gasteiger partial charge < -0.3 is 14.5 Å². The molecule has 1 aliphatic heterocycles. The van der Waals surface area contributed by atoms with Crippen molar-refractivity contribution in [1.29, 1.82) is 0 Å². The molecule has 0 amide bonds. The number of halogens is 3. The number of aromatic nitrogens is 2. The highest BCUT2D eigenvalue weighted by atomic mass is 35.5. The number of benzene rings is 2. The van der Waals surface area contributed by atoms with Crippen LogP contribution in [0.25, 0.3) is 22.6 Å². The van der Waals surface area contributed by atoms with Gasteiger partial charge in [0.25, 0.3) is 0 Å². The minimum atomic E-state index is -0.897. The minimum absolute atomic E-state index is 0.158. The van der Waals surface area contributed by atoms with Crippen molar-refractivity contribution >= 4 is 29.2 Å². The summed E-state index contributed by atoms with van der Waals surface area (Å²) in [5, 5.41) is 0.555. The van der Waals surface area contributed by atoms with Crippen molar-refractivity contribution in [2.75, 3.05) is 7.11 Å². The zero-order valence-corrected chi connectivity index (χ0v) is 16.7. The summed E-state index contributed by atoms with van der Waals surface area (Å²) in [5.74, 6) is -0.491. The Labute approximate surface area is 170 Å². The molecule has 0 bridgehead atoms. The van der Waals surface area contributed by atoms with E-state index in [1.165, 1.54) is 25.3 Å². The quantitative estimate of drug-likeness (QED) is 0.547. The molecule has 0 aliphatic carbocycles. The number of hydrogen-bond donors (Lipinski definition) is 1. The first-order valence-electron chi connectivity index (χ1n) is 8.39. The van der Waals surface area contributed by atoms with E-state index in [0.29, 0.717) is 27.7 Å². The van der Waals surface area contributed by atoms with Crippen molar-refractivity contribution in [2.45, 2.75) is 19.4 Å². The fraction of sp³-hybridized carbons (Fsp3) is 0.200. The number of fused-ring (bicyclic) bond motifs is 3. The van der Waals surface area contributed by atoms with E-state index in [9.17, 15) is 9.18 Å². The summed E-state index contributed by atoms with van der Waals surface area (Å²) in [6, 6.07) is 7.56. The van der Waals surface area contributed by atoms with Crippen molar-refractivity contribution in [2.24, 2.45) is 0 Å². The average molecular weight is 421 g/mol. The minimum Gasteiger partial charge on any atom is -0.480 e. The largest absolute Gasteiger partial charge is 0.480 e. The Morgan fingerprint density at radius 3 is 2.71 bits per heavy atom. The van der Waals surface area contributed by atoms with Crippen LogP contribution in [0.5, 0.6) is 5.75 Å². The monoisotopic (exact) mass is 420 g/mol. The third kappa shape index (κ3) is 2.84. The van der Waals surface area contributed by atoms with Gasteiger partial charge in [0.2, 0.25) is 0 Å². The molecule has 8 heteroatoms. The molecule has 0 fully saturated rings. The number of methoxy groups -OCH3 is 1. The van der Waals surface area contributed by atoms with Crippen LogP contribution >= 0.6 is 23.2 Å². The lowest BCUT2D eigenvalue weighted by molar-refractivity contribution is 0.0575. The zero-order chi connectivity index (χ0) is 20.2. The van der Waals surface area contributed by atoms with E-state index in [4.69, 9.17) is 32.7 Å². The SMILES string of the molecule is COC(=O)c1cc(Cl)cc2c1OC(C)(C)c1nc(-c3c(F)cccc3Cl)[nH]c1-2. The Morgan fingerprint density at radius 1 is 1.29 bits per heavy atom. The maximum Gasteiger partial charge on any atom is 0.341 e. The van der Waals surface area contributed by atoms with Crippen molar-refractivity contribution in [3.8, 4) is 28.4 Å². The summed E-state index contributed by atoms with van der Waals surface area (Å²) in [5.41, 5.74) is 1.12. The molecule has 0 spiro atoms. The van der Waals surface area contributed by atoms with Crippen LogP contribution in [0, 0.1) is 5.82 Å². The number of carbonyl (C=O) groups is 1. The number of hydrogen-bond acceptors (Lipinski definition) is 4. The molecule has 0 saturated heterocycles. The van der Waals surface area contributed by atoms with Crippen LogP contribution in [0.4, 0.5) is 4.39 Å². The highest BCUT2D eigenvalue weighted by Crippen LogP contribution is 2.48. The molecule has 0 unspecified atom stereocenters. The second-order valence-corrected chi connectivity index (χ2v) is 7.68. The van der Waals surface area contributed by atoms with Gasteiger partial charge in [-0.2, -0.15) is 0 Å². The van der Waals surface area contributed by atoms with E-state index in [2.05, 4.69) is 9.97 Å². The topological polar surface area (TPSA) is 64.2 Å². The van der Waals surface area contributed by atoms with Crippen molar-refractivity contribution < 1.29 is 18.7 Å². The maximum atomic E-state index is 14.4. The number of imidazole rings is 1. The first-order chi connectivity index (χ1) is 13.2. The normalized spacial score (nSPS) is 14.1. The maximum absolute atomic E-state index is 14.4. The van der Waals surface area contributed by atoms with E-state index in [-0.39, 0.29) is 22.0 Å². The van der Waals surface area contributed by atoms with E-state index < -0.39 is 17.4 Å². The number of esters is 1. The smallest absolute Gasteiger partial charge is 0.341 e. The summed E-state index contributed by atoms with van der Waals surface area (Å²) in [7, 11) is 1.28. The molecule has 4 rings (SSSR count). The highest BCUT2D eigenvalue weighted by molar-refractivity contribution is 6.33. The number of rotatable bonds is 2. The van der Waals surface area contributed by atoms with E-state index >= 15 is 0 Å². The number of H-pyrrole nitrogens is 1. The van der Waals surface area contributed by atoms with Gasteiger partial charge in [0.05, 0.1) is 23.4 Å². The van der Waals surface area contributed by atoms with Crippen LogP contribution in [-0.2, 0) is 10.3 Å². The molecule has 3 aromatic rings. The molecule has 144 valence electrons. The van der Waals surface area contributed by atoms with E-state index in [1.807, 2.05) is 0 Å². The van der Waals surface area contributed by atoms with Crippen molar-refractivity contribution in [3.05, 3.63) is 57.5 Å². The Kier molecular flexibility index (Phi) is 4.36. The first kappa shape index (κ1) is 18.8. The molecule has 5 nitrogen and oxygen atoms in total. The summed E-state index contributed by atoms with van der Waals surface area (Å²) >= 11 is 12.4. The Morgan fingerprint density at radius 2 is 2.04 bits per heavy atom. The second-order valence-electron chi connectivity index (χ2n) is 6.84. The van der Waals surface area contributed by atoms with Gasteiger partial charge in [0, 0.05) is 10.6 Å². The van der Waals surface area contributed by atoms with Gasteiger partial charge in [-0.25, -0.2) is 14.2 Å². The second kappa shape index (κ2) is 6.50. The predicted octanol–water partition coefficient (Wildman–Crippen LogP) is 5.60. The van der Waals surface area contributed by atoms with Gasteiger partial charge in [-0.05, 0) is 38.1 Å². The average Bonchev–Trinajstić information content (AvgIpc) is 3.07. The van der Waals surface area contributed by atoms with E-state index in [1.54, 1.807) is 26.0 Å². The molecule has 1 aliphatic rings. The van der Waals surface area contributed by atoms with Crippen molar-refractivity contribution in [1.82, 2.24) is 9.97 Å².